The van der Waals surface area contributed by atoms with E-state index in [4.69, 9.17) is 11.6 Å². The normalized spacial score (nSPS) is 20.1. The summed E-state index contributed by atoms with van der Waals surface area (Å²) in [6, 6.07) is 24.8. The minimum atomic E-state index is 0.0905. The number of rotatable bonds is 2. The van der Waals surface area contributed by atoms with E-state index in [2.05, 4.69) is 85.5 Å². The lowest BCUT2D eigenvalue weighted by molar-refractivity contribution is 0.395. The van der Waals surface area contributed by atoms with E-state index in [1.807, 2.05) is 0 Å². The van der Waals surface area contributed by atoms with E-state index >= 15 is 0 Å². The van der Waals surface area contributed by atoms with Gasteiger partial charge < -0.3 is 4.90 Å². The third-order valence-electron chi connectivity index (χ3n) is 7.79. The van der Waals surface area contributed by atoms with Crippen LogP contribution < -0.4 is 4.90 Å². The van der Waals surface area contributed by atoms with E-state index in [-0.39, 0.29) is 5.41 Å². The SMILES string of the molecule is CC1(C)CC(c2cccc(N3CCCC3)c2)Cc2ccc3c(cc(Cl)c4ccccc43)c21. The van der Waals surface area contributed by atoms with Crippen LogP contribution in [0.2, 0.25) is 5.02 Å². The van der Waals surface area contributed by atoms with Gasteiger partial charge in [-0.25, -0.2) is 0 Å². The smallest absolute Gasteiger partial charge is 0.0490 e. The quantitative estimate of drug-likeness (QED) is 0.284. The van der Waals surface area contributed by atoms with Gasteiger partial charge in [0, 0.05) is 29.2 Å². The Morgan fingerprint density at radius 1 is 0.812 bits per heavy atom. The molecule has 0 amide bonds. The molecule has 1 nitrogen and oxygen atoms in total. The highest BCUT2D eigenvalue weighted by molar-refractivity contribution is 6.37. The number of nitrogens with zero attached hydrogens (tertiary/aromatic N) is 1. The van der Waals surface area contributed by atoms with Gasteiger partial charge in [-0.15, -0.1) is 0 Å². The molecule has 32 heavy (non-hydrogen) atoms. The van der Waals surface area contributed by atoms with Gasteiger partial charge >= 0.3 is 0 Å². The minimum Gasteiger partial charge on any atom is -0.372 e. The number of anilines is 1. The fourth-order valence-corrected chi connectivity index (χ4v) is 6.67. The Morgan fingerprint density at radius 3 is 2.38 bits per heavy atom. The van der Waals surface area contributed by atoms with Crippen molar-refractivity contribution in [2.45, 2.75) is 50.9 Å². The van der Waals surface area contributed by atoms with Gasteiger partial charge in [-0.05, 0) is 88.1 Å². The lowest BCUT2D eigenvalue weighted by Gasteiger charge is -2.39. The van der Waals surface area contributed by atoms with Crippen LogP contribution in [0.15, 0.2) is 66.7 Å². The van der Waals surface area contributed by atoms with Crippen molar-refractivity contribution in [2.24, 2.45) is 0 Å². The molecule has 0 aromatic heterocycles. The van der Waals surface area contributed by atoms with Crippen molar-refractivity contribution >= 4 is 38.8 Å². The Bertz CT molecular complexity index is 1330. The molecule has 0 N–H and O–H groups in total. The minimum absolute atomic E-state index is 0.0905. The molecule has 1 unspecified atom stereocenters. The van der Waals surface area contributed by atoms with Crippen LogP contribution in [0, 0.1) is 0 Å². The first-order valence-electron chi connectivity index (χ1n) is 12.0. The average molecular weight is 440 g/mol. The van der Waals surface area contributed by atoms with E-state index in [0.29, 0.717) is 5.92 Å². The molecule has 0 spiro atoms. The number of benzene rings is 4. The maximum absolute atomic E-state index is 6.77. The van der Waals surface area contributed by atoms with Crippen LogP contribution in [-0.2, 0) is 11.8 Å². The predicted octanol–water partition coefficient (Wildman–Crippen LogP) is 8.25. The number of hydrogen-bond acceptors (Lipinski definition) is 1. The van der Waals surface area contributed by atoms with Gasteiger partial charge in [0.05, 0.1) is 0 Å². The van der Waals surface area contributed by atoms with Gasteiger partial charge in [0.25, 0.3) is 0 Å². The Balaban J connectivity index is 1.46. The first-order chi connectivity index (χ1) is 15.5. The highest BCUT2D eigenvalue weighted by Crippen LogP contribution is 2.48. The topological polar surface area (TPSA) is 3.24 Å². The number of fused-ring (bicyclic) bond motifs is 5. The van der Waals surface area contributed by atoms with Crippen LogP contribution in [-0.4, -0.2) is 13.1 Å². The molecule has 1 heterocycles. The fourth-order valence-electron chi connectivity index (χ4n) is 6.39. The summed E-state index contributed by atoms with van der Waals surface area (Å²) in [4.78, 5) is 2.55. The maximum Gasteiger partial charge on any atom is 0.0490 e. The summed E-state index contributed by atoms with van der Waals surface area (Å²) >= 11 is 6.77. The fraction of sp³-hybridized carbons (Fsp3) is 0.333. The zero-order valence-electron chi connectivity index (χ0n) is 19.0. The van der Waals surface area contributed by atoms with Crippen molar-refractivity contribution in [3.63, 3.8) is 0 Å². The summed E-state index contributed by atoms with van der Waals surface area (Å²) in [5, 5.41) is 5.92. The zero-order chi connectivity index (χ0) is 21.9. The molecule has 1 atom stereocenters. The predicted molar refractivity (Wildman–Crippen MR) is 138 cm³/mol. The van der Waals surface area contributed by atoms with Crippen molar-refractivity contribution in [2.75, 3.05) is 18.0 Å². The molecule has 1 aliphatic carbocycles. The molecule has 2 aliphatic rings. The average Bonchev–Trinajstić information content (AvgIpc) is 3.33. The Labute approximate surface area is 196 Å². The van der Waals surface area contributed by atoms with E-state index in [1.54, 1.807) is 0 Å². The van der Waals surface area contributed by atoms with Gasteiger partial charge in [0.15, 0.2) is 0 Å². The first kappa shape index (κ1) is 20.1. The van der Waals surface area contributed by atoms with Gasteiger partial charge in [-0.1, -0.05) is 74.0 Å². The standard InChI is InChI=1S/C30H30ClN/c1-30(2)19-22(20-8-7-9-23(17-20)32-14-5-6-15-32)16-21-12-13-25-24-10-3-4-11-26(24)28(31)18-27(25)29(21)30/h3-4,7-13,17-18,22H,5-6,14-16,19H2,1-2H3. The number of halogens is 1. The molecule has 1 saturated heterocycles. The molecule has 1 fully saturated rings. The molecule has 162 valence electrons. The second-order valence-electron chi connectivity index (χ2n) is 10.4. The summed E-state index contributed by atoms with van der Waals surface area (Å²) < 4.78 is 0. The summed E-state index contributed by atoms with van der Waals surface area (Å²) in [7, 11) is 0. The van der Waals surface area contributed by atoms with E-state index in [1.165, 1.54) is 64.5 Å². The van der Waals surface area contributed by atoms with Crippen LogP contribution in [0.3, 0.4) is 0 Å². The van der Waals surface area contributed by atoms with Crippen LogP contribution in [0.4, 0.5) is 5.69 Å². The van der Waals surface area contributed by atoms with Crippen molar-refractivity contribution in [3.05, 3.63) is 88.4 Å². The molecule has 4 aromatic carbocycles. The Morgan fingerprint density at radius 2 is 1.56 bits per heavy atom. The first-order valence-corrected chi connectivity index (χ1v) is 12.4. The highest BCUT2D eigenvalue weighted by Gasteiger charge is 2.35. The lowest BCUT2D eigenvalue weighted by atomic mass is 9.65. The monoisotopic (exact) mass is 439 g/mol. The van der Waals surface area contributed by atoms with Gasteiger partial charge in [0.1, 0.15) is 0 Å². The second kappa shape index (κ2) is 7.52. The molecule has 2 heteroatoms. The van der Waals surface area contributed by atoms with Crippen molar-refractivity contribution in [1.29, 1.82) is 0 Å². The van der Waals surface area contributed by atoms with Gasteiger partial charge in [-0.2, -0.15) is 0 Å². The van der Waals surface area contributed by atoms with E-state index < -0.39 is 0 Å². The Hall–Kier alpha value is -2.51. The molecule has 0 radical (unpaired) electrons. The van der Waals surface area contributed by atoms with Crippen molar-refractivity contribution in [3.8, 4) is 0 Å². The molecular weight excluding hydrogens is 410 g/mol. The maximum atomic E-state index is 6.77. The molecule has 0 saturated carbocycles. The summed E-state index contributed by atoms with van der Waals surface area (Å²) in [5.74, 6) is 0.549. The third kappa shape index (κ3) is 3.21. The largest absolute Gasteiger partial charge is 0.372 e. The van der Waals surface area contributed by atoms with E-state index in [0.717, 1.165) is 23.3 Å². The van der Waals surface area contributed by atoms with E-state index in [9.17, 15) is 0 Å². The number of hydrogen-bond donors (Lipinski definition) is 0. The molecule has 4 aromatic rings. The highest BCUT2D eigenvalue weighted by atomic mass is 35.5. The molecular formula is C30H30ClN. The van der Waals surface area contributed by atoms with Crippen LogP contribution in [0.1, 0.15) is 55.7 Å². The van der Waals surface area contributed by atoms with Gasteiger partial charge in [0.2, 0.25) is 0 Å². The second-order valence-corrected chi connectivity index (χ2v) is 10.8. The van der Waals surface area contributed by atoms with Crippen LogP contribution in [0.5, 0.6) is 0 Å². The van der Waals surface area contributed by atoms with Crippen molar-refractivity contribution in [1.82, 2.24) is 0 Å². The van der Waals surface area contributed by atoms with Crippen molar-refractivity contribution < 1.29 is 0 Å². The molecule has 6 rings (SSSR count). The summed E-state index contributed by atoms with van der Waals surface area (Å²) in [6.07, 6.45) is 4.90. The summed E-state index contributed by atoms with van der Waals surface area (Å²) in [6.45, 7) is 7.24. The Kier molecular flexibility index (Phi) is 4.73. The summed E-state index contributed by atoms with van der Waals surface area (Å²) in [5.41, 5.74) is 5.96. The lowest BCUT2D eigenvalue weighted by Crippen LogP contribution is -2.29. The van der Waals surface area contributed by atoms with Gasteiger partial charge in [-0.3, -0.25) is 0 Å². The van der Waals surface area contributed by atoms with Crippen LogP contribution in [0.25, 0.3) is 21.5 Å². The zero-order valence-corrected chi connectivity index (χ0v) is 19.8. The molecule has 0 bridgehead atoms. The van der Waals surface area contributed by atoms with Crippen LogP contribution >= 0.6 is 11.6 Å². The third-order valence-corrected chi connectivity index (χ3v) is 8.10. The molecule has 1 aliphatic heterocycles.